The third kappa shape index (κ3) is 3.06. The molecule has 1 N–H and O–H groups in total. The van der Waals surface area contributed by atoms with Gasteiger partial charge in [-0.05, 0) is 25.0 Å². The summed E-state index contributed by atoms with van der Waals surface area (Å²) in [5.41, 5.74) is 0.438. The van der Waals surface area contributed by atoms with E-state index in [1.807, 2.05) is 12.1 Å². The van der Waals surface area contributed by atoms with Gasteiger partial charge in [-0.15, -0.1) is 0 Å². The molecule has 0 aliphatic heterocycles. The smallest absolute Gasteiger partial charge is 0.230 e. The summed E-state index contributed by atoms with van der Waals surface area (Å²) in [4.78, 5) is 12.5. The summed E-state index contributed by atoms with van der Waals surface area (Å²) in [6, 6.07) is 5.42. The van der Waals surface area contributed by atoms with Crippen LogP contribution in [0.2, 0.25) is 0 Å². The first-order valence-corrected chi connectivity index (χ1v) is 7.12. The Morgan fingerprint density at radius 3 is 2.45 bits per heavy atom. The molecule has 0 bridgehead atoms. The Bertz CT molecular complexity index is 479. The van der Waals surface area contributed by atoms with Gasteiger partial charge >= 0.3 is 0 Å². The maximum atomic E-state index is 12.5. The van der Waals surface area contributed by atoms with E-state index in [0.717, 1.165) is 25.7 Å². The second kappa shape index (κ2) is 6.16. The van der Waals surface area contributed by atoms with Crippen LogP contribution in [0.5, 0.6) is 11.5 Å². The third-order valence-corrected chi connectivity index (χ3v) is 4.16. The molecule has 1 amide bonds. The summed E-state index contributed by atoms with van der Waals surface area (Å²) in [6.45, 7) is 2.05. The molecule has 0 aromatic heterocycles. The van der Waals surface area contributed by atoms with Crippen LogP contribution >= 0.6 is 0 Å². The molecule has 0 atom stereocenters. The highest BCUT2D eigenvalue weighted by molar-refractivity contribution is 5.96. The molecule has 1 aliphatic carbocycles. The van der Waals surface area contributed by atoms with Crippen molar-refractivity contribution in [2.75, 3.05) is 19.5 Å². The molecule has 0 spiro atoms. The van der Waals surface area contributed by atoms with Gasteiger partial charge in [-0.1, -0.05) is 26.2 Å². The van der Waals surface area contributed by atoms with E-state index in [9.17, 15) is 4.79 Å². The Labute approximate surface area is 120 Å². The standard InChI is InChI=1S/C16H23NO3/c1-16(9-5-4-6-10-16)15(18)17-13-8-7-12(19-2)11-14(13)20-3/h7-8,11H,4-6,9-10H2,1-3H3,(H,17,18). The van der Waals surface area contributed by atoms with Crippen LogP contribution in [0.1, 0.15) is 39.0 Å². The van der Waals surface area contributed by atoms with Crippen LogP contribution in [-0.4, -0.2) is 20.1 Å². The second-order valence-electron chi connectivity index (χ2n) is 5.64. The first-order valence-electron chi connectivity index (χ1n) is 7.12. The molecule has 0 heterocycles. The number of hydrogen-bond acceptors (Lipinski definition) is 3. The summed E-state index contributed by atoms with van der Waals surface area (Å²) >= 11 is 0. The Morgan fingerprint density at radius 1 is 1.15 bits per heavy atom. The summed E-state index contributed by atoms with van der Waals surface area (Å²) < 4.78 is 10.5. The highest BCUT2D eigenvalue weighted by Gasteiger charge is 2.34. The molecule has 0 radical (unpaired) electrons. The molecule has 1 aromatic carbocycles. The first kappa shape index (κ1) is 14.7. The molecule has 1 aliphatic rings. The van der Waals surface area contributed by atoms with Crippen molar-refractivity contribution in [3.8, 4) is 11.5 Å². The highest BCUT2D eigenvalue weighted by Crippen LogP contribution is 2.38. The summed E-state index contributed by atoms with van der Waals surface area (Å²) in [7, 11) is 3.20. The zero-order valence-corrected chi connectivity index (χ0v) is 12.5. The molecular formula is C16H23NO3. The van der Waals surface area contributed by atoms with Gasteiger partial charge in [0.15, 0.2) is 0 Å². The van der Waals surface area contributed by atoms with Gasteiger partial charge in [0.25, 0.3) is 0 Å². The van der Waals surface area contributed by atoms with E-state index in [1.54, 1.807) is 20.3 Å². The van der Waals surface area contributed by atoms with Gasteiger partial charge in [0.1, 0.15) is 11.5 Å². The molecule has 20 heavy (non-hydrogen) atoms. The predicted octanol–water partition coefficient (Wildman–Crippen LogP) is 3.61. The predicted molar refractivity (Wildman–Crippen MR) is 79.4 cm³/mol. The number of nitrogens with one attached hydrogen (secondary N) is 1. The number of anilines is 1. The topological polar surface area (TPSA) is 47.6 Å². The van der Waals surface area contributed by atoms with Gasteiger partial charge in [-0.2, -0.15) is 0 Å². The minimum Gasteiger partial charge on any atom is -0.497 e. The fourth-order valence-corrected chi connectivity index (χ4v) is 2.73. The van der Waals surface area contributed by atoms with E-state index in [0.29, 0.717) is 17.2 Å². The lowest BCUT2D eigenvalue weighted by atomic mass is 9.75. The van der Waals surface area contributed by atoms with Crippen LogP contribution in [0.25, 0.3) is 0 Å². The summed E-state index contributed by atoms with van der Waals surface area (Å²) in [6.07, 6.45) is 5.40. The highest BCUT2D eigenvalue weighted by atomic mass is 16.5. The van der Waals surface area contributed by atoms with Crippen molar-refractivity contribution in [3.05, 3.63) is 18.2 Å². The molecule has 0 saturated heterocycles. The SMILES string of the molecule is COc1ccc(NC(=O)C2(C)CCCCC2)c(OC)c1. The van der Waals surface area contributed by atoms with Crippen LogP contribution in [0.3, 0.4) is 0 Å². The number of methoxy groups -OCH3 is 2. The molecule has 1 fully saturated rings. The zero-order valence-electron chi connectivity index (χ0n) is 12.5. The van der Waals surface area contributed by atoms with Crippen LogP contribution in [0, 0.1) is 5.41 Å². The Kier molecular flexibility index (Phi) is 4.53. The Morgan fingerprint density at radius 2 is 1.85 bits per heavy atom. The number of hydrogen-bond donors (Lipinski definition) is 1. The van der Waals surface area contributed by atoms with E-state index in [2.05, 4.69) is 12.2 Å². The summed E-state index contributed by atoms with van der Waals surface area (Å²) in [5.74, 6) is 1.42. The van der Waals surface area contributed by atoms with Crippen LogP contribution < -0.4 is 14.8 Å². The second-order valence-corrected chi connectivity index (χ2v) is 5.64. The third-order valence-electron chi connectivity index (χ3n) is 4.16. The summed E-state index contributed by atoms with van der Waals surface area (Å²) in [5, 5.41) is 3.00. The average Bonchev–Trinajstić information content (AvgIpc) is 2.48. The van der Waals surface area contributed by atoms with Gasteiger partial charge in [-0.3, -0.25) is 4.79 Å². The van der Waals surface area contributed by atoms with Gasteiger partial charge in [0.2, 0.25) is 5.91 Å². The van der Waals surface area contributed by atoms with Crippen molar-refractivity contribution in [2.45, 2.75) is 39.0 Å². The van der Waals surface area contributed by atoms with Gasteiger partial charge in [0, 0.05) is 11.5 Å². The van der Waals surface area contributed by atoms with Crippen LogP contribution in [0.15, 0.2) is 18.2 Å². The lowest BCUT2D eigenvalue weighted by Crippen LogP contribution is -2.35. The molecule has 2 rings (SSSR count). The molecule has 1 saturated carbocycles. The van der Waals surface area contributed by atoms with E-state index >= 15 is 0 Å². The number of carbonyl (C=O) groups is 1. The molecular weight excluding hydrogens is 254 g/mol. The minimum atomic E-state index is -0.261. The lowest BCUT2D eigenvalue weighted by molar-refractivity contribution is -0.126. The number of amides is 1. The van der Waals surface area contributed by atoms with Gasteiger partial charge in [0.05, 0.1) is 19.9 Å². The van der Waals surface area contributed by atoms with Crippen molar-refractivity contribution in [1.82, 2.24) is 0 Å². The van der Waals surface area contributed by atoms with Crippen molar-refractivity contribution < 1.29 is 14.3 Å². The number of carbonyl (C=O) groups excluding carboxylic acids is 1. The molecule has 1 aromatic rings. The van der Waals surface area contributed by atoms with Crippen molar-refractivity contribution in [3.63, 3.8) is 0 Å². The van der Waals surface area contributed by atoms with Gasteiger partial charge < -0.3 is 14.8 Å². The van der Waals surface area contributed by atoms with Crippen molar-refractivity contribution in [2.24, 2.45) is 5.41 Å². The normalized spacial score (nSPS) is 17.4. The molecule has 4 heteroatoms. The molecule has 110 valence electrons. The largest absolute Gasteiger partial charge is 0.497 e. The molecule has 0 unspecified atom stereocenters. The fraction of sp³-hybridized carbons (Fsp3) is 0.562. The zero-order chi connectivity index (χ0) is 14.6. The van der Waals surface area contributed by atoms with Crippen molar-refractivity contribution >= 4 is 11.6 Å². The van der Waals surface area contributed by atoms with E-state index in [4.69, 9.17) is 9.47 Å². The molecule has 4 nitrogen and oxygen atoms in total. The number of ether oxygens (including phenoxy) is 2. The maximum Gasteiger partial charge on any atom is 0.230 e. The number of benzene rings is 1. The maximum absolute atomic E-state index is 12.5. The van der Waals surface area contributed by atoms with E-state index in [-0.39, 0.29) is 11.3 Å². The van der Waals surface area contributed by atoms with E-state index in [1.165, 1.54) is 6.42 Å². The average molecular weight is 277 g/mol. The quantitative estimate of drug-likeness (QED) is 0.914. The van der Waals surface area contributed by atoms with Gasteiger partial charge in [-0.25, -0.2) is 0 Å². The van der Waals surface area contributed by atoms with Crippen LogP contribution in [0.4, 0.5) is 5.69 Å². The lowest BCUT2D eigenvalue weighted by Gasteiger charge is -2.32. The Balaban J connectivity index is 2.14. The first-order chi connectivity index (χ1) is 9.59. The number of rotatable bonds is 4. The van der Waals surface area contributed by atoms with Crippen molar-refractivity contribution in [1.29, 1.82) is 0 Å². The van der Waals surface area contributed by atoms with Crippen LogP contribution in [-0.2, 0) is 4.79 Å². The monoisotopic (exact) mass is 277 g/mol. The van der Waals surface area contributed by atoms with E-state index < -0.39 is 0 Å². The Hall–Kier alpha value is -1.71. The fourth-order valence-electron chi connectivity index (χ4n) is 2.73. The minimum absolute atomic E-state index is 0.0840.